The first-order chi connectivity index (χ1) is 9.85. The van der Waals surface area contributed by atoms with E-state index in [1.54, 1.807) is 0 Å². The lowest BCUT2D eigenvalue weighted by Gasteiger charge is -2.26. The monoisotopic (exact) mass is 279 g/mol. The highest BCUT2D eigenvalue weighted by molar-refractivity contribution is 4.87. The van der Waals surface area contributed by atoms with Gasteiger partial charge in [0.25, 0.3) is 0 Å². The first-order valence-electron chi connectivity index (χ1n) is 7.83. The molecule has 0 bridgehead atoms. The van der Waals surface area contributed by atoms with Crippen molar-refractivity contribution in [1.29, 1.82) is 0 Å². The smallest absolute Gasteiger partial charge is 0.240 e. The SMILES string of the molecule is NCc1nc(CN2CCCC(N3CCCC3)CC2)no1. The molecule has 1 aromatic heterocycles. The Morgan fingerprint density at radius 1 is 1.10 bits per heavy atom. The molecular formula is C14H25N5O. The first kappa shape index (κ1) is 14.0. The van der Waals surface area contributed by atoms with E-state index in [1.165, 1.54) is 45.2 Å². The van der Waals surface area contributed by atoms with Crippen LogP contribution in [0.25, 0.3) is 0 Å². The lowest BCUT2D eigenvalue weighted by Crippen LogP contribution is -2.33. The second-order valence-corrected chi connectivity index (χ2v) is 5.91. The predicted octanol–water partition coefficient (Wildman–Crippen LogP) is 0.979. The highest BCUT2D eigenvalue weighted by atomic mass is 16.5. The molecule has 112 valence electrons. The summed E-state index contributed by atoms with van der Waals surface area (Å²) >= 11 is 0. The Labute approximate surface area is 120 Å². The van der Waals surface area contributed by atoms with Crippen LogP contribution in [0.2, 0.25) is 0 Å². The topological polar surface area (TPSA) is 71.4 Å². The summed E-state index contributed by atoms with van der Waals surface area (Å²) in [5.74, 6) is 1.30. The third-order valence-electron chi connectivity index (χ3n) is 4.50. The van der Waals surface area contributed by atoms with E-state index in [4.69, 9.17) is 10.3 Å². The average molecular weight is 279 g/mol. The van der Waals surface area contributed by atoms with Gasteiger partial charge in [0.15, 0.2) is 5.82 Å². The average Bonchev–Trinajstić information content (AvgIpc) is 3.09. The lowest BCUT2D eigenvalue weighted by atomic mass is 10.1. The maximum Gasteiger partial charge on any atom is 0.240 e. The van der Waals surface area contributed by atoms with Crippen molar-refractivity contribution < 1.29 is 4.52 Å². The minimum Gasteiger partial charge on any atom is -0.338 e. The summed E-state index contributed by atoms with van der Waals surface area (Å²) in [4.78, 5) is 9.43. The molecule has 1 atom stereocenters. The van der Waals surface area contributed by atoms with Gasteiger partial charge in [0.2, 0.25) is 5.89 Å². The van der Waals surface area contributed by atoms with Gasteiger partial charge in [0.1, 0.15) is 0 Å². The van der Waals surface area contributed by atoms with Crippen LogP contribution in [-0.2, 0) is 13.1 Å². The minimum atomic E-state index is 0.323. The van der Waals surface area contributed by atoms with Gasteiger partial charge in [0.05, 0.1) is 13.1 Å². The number of hydrogen-bond acceptors (Lipinski definition) is 6. The van der Waals surface area contributed by atoms with Gasteiger partial charge < -0.3 is 15.2 Å². The molecule has 6 heteroatoms. The molecule has 1 aromatic rings. The summed E-state index contributed by atoms with van der Waals surface area (Å²) in [7, 11) is 0. The van der Waals surface area contributed by atoms with E-state index >= 15 is 0 Å². The summed E-state index contributed by atoms with van der Waals surface area (Å²) in [6.45, 7) is 5.98. The number of likely N-dealkylation sites (tertiary alicyclic amines) is 2. The molecule has 2 aliphatic rings. The van der Waals surface area contributed by atoms with Crippen LogP contribution in [0.1, 0.15) is 43.8 Å². The van der Waals surface area contributed by atoms with Crippen molar-refractivity contribution in [3.8, 4) is 0 Å². The zero-order valence-corrected chi connectivity index (χ0v) is 12.1. The molecule has 0 saturated carbocycles. The minimum absolute atomic E-state index is 0.323. The van der Waals surface area contributed by atoms with Gasteiger partial charge >= 0.3 is 0 Å². The Balaban J connectivity index is 1.51. The molecule has 3 heterocycles. The molecule has 2 aliphatic heterocycles. The van der Waals surface area contributed by atoms with Crippen molar-refractivity contribution in [2.75, 3.05) is 26.2 Å². The molecule has 0 spiro atoms. The van der Waals surface area contributed by atoms with E-state index in [2.05, 4.69) is 19.9 Å². The Morgan fingerprint density at radius 2 is 1.95 bits per heavy atom. The molecule has 0 aliphatic carbocycles. The summed E-state index contributed by atoms with van der Waals surface area (Å²) in [5.41, 5.74) is 5.49. The molecular weight excluding hydrogens is 254 g/mol. The zero-order valence-electron chi connectivity index (χ0n) is 12.1. The third-order valence-corrected chi connectivity index (χ3v) is 4.50. The van der Waals surface area contributed by atoms with Gasteiger partial charge in [-0.3, -0.25) is 4.90 Å². The van der Waals surface area contributed by atoms with Crippen LogP contribution < -0.4 is 5.73 Å². The van der Waals surface area contributed by atoms with E-state index in [9.17, 15) is 0 Å². The van der Waals surface area contributed by atoms with Crippen LogP contribution in [0.4, 0.5) is 0 Å². The van der Waals surface area contributed by atoms with Crippen molar-refractivity contribution in [3.63, 3.8) is 0 Å². The molecule has 0 aromatic carbocycles. The number of aromatic nitrogens is 2. The third kappa shape index (κ3) is 3.37. The fraction of sp³-hybridized carbons (Fsp3) is 0.857. The molecule has 3 rings (SSSR count). The number of rotatable bonds is 4. The zero-order chi connectivity index (χ0) is 13.8. The van der Waals surface area contributed by atoms with E-state index in [1.807, 2.05) is 0 Å². The molecule has 0 radical (unpaired) electrons. The molecule has 2 N–H and O–H groups in total. The van der Waals surface area contributed by atoms with Crippen LogP contribution in [0, 0.1) is 0 Å². The standard InChI is InChI=1S/C14H25N5O/c15-10-14-16-13(17-20-14)11-18-6-3-4-12(5-9-18)19-7-1-2-8-19/h12H,1-11,15H2. The Hall–Kier alpha value is -0.980. The van der Waals surface area contributed by atoms with Crippen molar-refractivity contribution >= 4 is 0 Å². The number of nitrogens with zero attached hydrogens (tertiary/aromatic N) is 4. The highest BCUT2D eigenvalue weighted by Crippen LogP contribution is 2.21. The van der Waals surface area contributed by atoms with Crippen LogP contribution in [0.3, 0.4) is 0 Å². The molecule has 6 nitrogen and oxygen atoms in total. The summed E-state index contributed by atoms with van der Waals surface area (Å²) < 4.78 is 5.07. The lowest BCUT2D eigenvalue weighted by molar-refractivity contribution is 0.211. The second kappa shape index (κ2) is 6.65. The van der Waals surface area contributed by atoms with Crippen molar-refractivity contribution in [2.45, 2.75) is 51.2 Å². The Kier molecular flexibility index (Phi) is 4.65. The summed E-state index contributed by atoms with van der Waals surface area (Å²) in [5, 5.41) is 3.99. The Morgan fingerprint density at radius 3 is 2.70 bits per heavy atom. The number of nitrogens with two attached hydrogens (primary N) is 1. The normalized spacial score (nSPS) is 25.9. The van der Waals surface area contributed by atoms with Gasteiger partial charge in [-0.1, -0.05) is 5.16 Å². The van der Waals surface area contributed by atoms with E-state index < -0.39 is 0 Å². The Bertz CT molecular complexity index is 415. The van der Waals surface area contributed by atoms with Gasteiger partial charge in [-0.15, -0.1) is 0 Å². The van der Waals surface area contributed by atoms with Crippen LogP contribution in [0.15, 0.2) is 4.52 Å². The predicted molar refractivity (Wildman–Crippen MR) is 75.9 cm³/mol. The first-order valence-corrected chi connectivity index (χ1v) is 7.83. The van der Waals surface area contributed by atoms with Gasteiger partial charge in [0, 0.05) is 12.6 Å². The van der Waals surface area contributed by atoms with E-state index in [-0.39, 0.29) is 0 Å². The fourth-order valence-corrected chi connectivity index (χ4v) is 3.41. The quantitative estimate of drug-likeness (QED) is 0.886. The van der Waals surface area contributed by atoms with Gasteiger partial charge in [-0.05, 0) is 51.7 Å². The van der Waals surface area contributed by atoms with Crippen molar-refractivity contribution in [3.05, 3.63) is 11.7 Å². The van der Waals surface area contributed by atoms with E-state index in [0.717, 1.165) is 31.5 Å². The molecule has 0 amide bonds. The molecule has 1 unspecified atom stereocenters. The molecule has 2 fully saturated rings. The van der Waals surface area contributed by atoms with Gasteiger partial charge in [-0.2, -0.15) is 4.98 Å². The maximum absolute atomic E-state index is 5.49. The largest absolute Gasteiger partial charge is 0.338 e. The van der Waals surface area contributed by atoms with Crippen molar-refractivity contribution in [1.82, 2.24) is 19.9 Å². The summed E-state index contributed by atoms with van der Waals surface area (Å²) in [6, 6.07) is 0.785. The number of hydrogen-bond donors (Lipinski definition) is 1. The van der Waals surface area contributed by atoms with Crippen LogP contribution in [0.5, 0.6) is 0 Å². The van der Waals surface area contributed by atoms with Crippen molar-refractivity contribution in [2.24, 2.45) is 5.73 Å². The second-order valence-electron chi connectivity index (χ2n) is 5.91. The van der Waals surface area contributed by atoms with Crippen LogP contribution in [-0.4, -0.2) is 52.2 Å². The fourth-order valence-electron chi connectivity index (χ4n) is 3.41. The summed E-state index contributed by atoms with van der Waals surface area (Å²) in [6.07, 6.45) is 6.62. The molecule has 20 heavy (non-hydrogen) atoms. The highest BCUT2D eigenvalue weighted by Gasteiger charge is 2.25. The van der Waals surface area contributed by atoms with Crippen LogP contribution >= 0.6 is 0 Å². The maximum atomic E-state index is 5.49. The molecule has 2 saturated heterocycles. The van der Waals surface area contributed by atoms with Gasteiger partial charge in [-0.25, -0.2) is 0 Å². The van der Waals surface area contributed by atoms with E-state index in [0.29, 0.717) is 12.4 Å².